The molecule has 0 bridgehead atoms. The largest absolute Gasteiger partial charge is 0.492 e. The summed E-state index contributed by atoms with van der Waals surface area (Å²) < 4.78 is 7.47. The van der Waals surface area contributed by atoms with Gasteiger partial charge >= 0.3 is 0 Å². The van der Waals surface area contributed by atoms with Gasteiger partial charge in [0.05, 0.1) is 4.88 Å². The predicted octanol–water partition coefficient (Wildman–Crippen LogP) is 3.31. The van der Waals surface area contributed by atoms with E-state index in [0.29, 0.717) is 4.96 Å². The molecule has 3 aromatic heterocycles. The number of nitrogens with zero attached hydrogens (tertiary/aromatic N) is 5. The van der Waals surface area contributed by atoms with Crippen molar-refractivity contribution >= 4 is 22.0 Å². The number of piperazine rings is 1. The number of thiazole rings is 1. The van der Waals surface area contributed by atoms with Crippen molar-refractivity contribution < 1.29 is 9.52 Å². The number of hydrogen-bond donors (Lipinski definition) is 1. The standard InChI is InChI=1S/C20H21N5O2S/c1-14-7-8-16(27-14)17(18-19(26)25-20(28-18)21-13-22-25)24-11-9-23(10-12-24)15-5-3-2-4-6-15/h2-8,13,17,26H,9-12H2,1H3. The van der Waals surface area contributed by atoms with E-state index in [0.717, 1.165) is 42.6 Å². The zero-order valence-electron chi connectivity index (χ0n) is 15.5. The molecule has 28 heavy (non-hydrogen) atoms. The Hall–Kier alpha value is -2.84. The van der Waals surface area contributed by atoms with Crippen LogP contribution in [0.15, 0.2) is 53.2 Å². The first kappa shape index (κ1) is 17.3. The number of rotatable bonds is 4. The Kier molecular flexibility index (Phi) is 4.29. The molecule has 0 aliphatic carbocycles. The molecule has 4 heterocycles. The second-order valence-corrected chi connectivity index (χ2v) is 7.96. The second-order valence-electron chi connectivity index (χ2n) is 6.95. The zero-order chi connectivity index (χ0) is 19.1. The molecule has 1 N–H and O–H groups in total. The van der Waals surface area contributed by atoms with E-state index in [1.54, 1.807) is 0 Å². The van der Waals surface area contributed by atoms with Crippen molar-refractivity contribution in [3.63, 3.8) is 0 Å². The van der Waals surface area contributed by atoms with Gasteiger partial charge in [0.1, 0.15) is 23.9 Å². The molecule has 1 unspecified atom stereocenters. The fraction of sp³-hybridized carbons (Fsp3) is 0.300. The number of aromatic nitrogens is 3. The summed E-state index contributed by atoms with van der Waals surface area (Å²) in [6.45, 7) is 5.51. The summed E-state index contributed by atoms with van der Waals surface area (Å²) in [5.74, 6) is 1.84. The first-order valence-electron chi connectivity index (χ1n) is 9.32. The lowest BCUT2D eigenvalue weighted by Gasteiger charge is -2.39. The van der Waals surface area contributed by atoms with Gasteiger partial charge in [-0.1, -0.05) is 29.5 Å². The smallest absolute Gasteiger partial charge is 0.230 e. The van der Waals surface area contributed by atoms with Crippen molar-refractivity contribution in [1.82, 2.24) is 19.5 Å². The van der Waals surface area contributed by atoms with Crippen molar-refractivity contribution in [2.24, 2.45) is 0 Å². The lowest BCUT2D eigenvalue weighted by Crippen LogP contribution is -2.47. The van der Waals surface area contributed by atoms with Crippen LogP contribution in [-0.2, 0) is 0 Å². The lowest BCUT2D eigenvalue weighted by atomic mass is 10.1. The molecule has 1 aliphatic heterocycles. The fourth-order valence-electron chi connectivity index (χ4n) is 3.82. The van der Waals surface area contributed by atoms with E-state index in [4.69, 9.17) is 4.42 Å². The third-order valence-electron chi connectivity index (χ3n) is 5.22. The molecule has 1 saturated heterocycles. The highest BCUT2D eigenvalue weighted by molar-refractivity contribution is 7.17. The number of para-hydroxylation sites is 1. The summed E-state index contributed by atoms with van der Waals surface area (Å²) in [6.07, 6.45) is 1.46. The maximum Gasteiger partial charge on any atom is 0.230 e. The van der Waals surface area contributed by atoms with E-state index in [1.165, 1.54) is 27.9 Å². The molecule has 1 atom stereocenters. The van der Waals surface area contributed by atoms with E-state index in [-0.39, 0.29) is 11.9 Å². The lowest BCUT2D eigenvalue weighted by molar-refractivity contribution is 0.190. The molecule has 144 valence electrons. The first-order valence-corrected chi connectivity index (χ1v) is 10.1. The average molecular weight is 395 g/mol. The van der Waals surface area contributed by atoms with Crippen LogP contribution in [0.25, 0.3) is 4.96 Å². The Morgan fingerprint density at radius 2 is 1.86 bits per heavy atom. The van der Waals surface area contributed by atoms with Crippen LogP contribution in [0.2, 0.25) is 0 Å². The maximum atomic E-state index is 10.8. The molecule has 7 nitrogen and oxygen atoms in total. The molecule has 1 fully saturated rings. The molecular weight excluding hydrogens is 374 g/mol. The monoisotopic (exact) mass is 395 g/mol. The number of anilines is 1. The summed E-state index contributed by atoms with van der Waals surface area (Å²) in [4.78, 5) is 10.5. The Bertz CT molecular complexity index is 1080. The van der Waals surface area contributed by atoms with Crippen LogP contribution in [0.3, 0.4) is 0 Å². The van der Waals surface area contributed by atoms with Gasteiger partial charge in [-0.15, -0.1) is 0 Å². The number of aromatic hydroxyl groups is 1. The van der Waals surface area contributed by atoms with Gasteiger partial charge in [-0.05, 0) is 31.2 Å². The molecule has 0 spiro atoms. The summed E-state index contributed by atoms with van der Waals surface area (Å²) in [5.41, 5.74) is 1.24. The second kappa shape index (κ2) is 6.96. The normalized spacial score (nSPS) is 16.7. The van der Waals surface area contributed by atoms with Gasteiger partial charge in [0.25, 0.3) is 0 Å². The molecule has 5 rings (SSSR count). The van der Waals surface area contributed by atoms with E-state index in [9.17, 15) is 5.11 Å². The molecule has 1 aromatic carbocycles. The Labute approximate surface area is 166 Å². The maximum absolute atomic E-state index is 10.8. The minimum atomic E-state index is -0.153. The topological polar surface area (TPSA) is 70.0 Å². The van der Waals surface area contributed by atoms with E-state index < -0.39 is 0 Å². The minimum Gasteiger partial charge on any atom is -0.492 e. The highest BCUT2D eigenvalue weighted by Crippen LogP contribution is 2.40. The Morgan fingerprint density at radius 1 is 1.07 bits per heavy atom. The number of furan rings is 1. The van der Waals surface area contributed by atoms with Gasteiger partial charge < -0.3 is 14.4 Å². The van der Waals surface area contributed by atoms with Gasteiger partial charge in [-0.2, -0.15) is 9.61 Å². The van der Waals surface area contributed by atoms with Crippen LogP contribution in [0.1, 0.15) is 22.4 Å². The van der Waals surface area contributed by atoms with Crippen molar-refractivity contribution in [2.45, 2.75) is 13.0 Å². The van der Waals surface area contributed by atoms with Gasteiger partial charge in [0.15, 0.2) is 0 Å². The van der Waals surface area contributed by atoms with Crippen molar-refractivity contribution in [3.8, 4) is 5.88 Å². The van der Waals surface area contributed by atoms with Crippen LogP contribution in [0.4, 0.5) is 5.69 Å². The SMILES string of the molecule is Cc1ccc(C(c2sc3ncnn3c2O)N2CCN(c3ccccc3)CC2)o1. The Balaban J connectivity index is 1.46. The minimum absolute atomic E-state index is 0.141. The van der Waals surface area contributed by atoms with Gasteiger partial charge in [-0.25, -0.2) is 4.98 Å². The van der Waals surface area contributed by atoms with E-state index in [2.05, 4.69) is 44.1 Å². The van der Waals surface area contributed by atoms with Gasteiger partial charge in [0, 0.05) is 31.9 Å². The zero-order valence-corrected chi connectivity index (χ0v) is 16.3. The number of fused-ring (bicyclic) bond motifs is 1. The molecule has 4 aromatic rings. The number of hydrogen-bond acceptors (Lipinski definition) is 7. The van der Waals surface area contributed by atoms with E-state index >= 15 is 0 Å². The number of benzene rings is 1. The van der Waals surface area contributed by atoms with Crippen molar-refractivity contribution in [2.75, 3.05) is 31.1 Å². The van der Waals surface area contributed by atoms with Crippen molar-refractivity contribution in [3.05, 3.63) is 65.2 Å². The first-order chi connectivity index (χ1) is 13.7. The summed E-state index contributed by atoms with van der Waals surface area (Å²) >= 11 is 1.46. The molecule has 0 amide bonds. The fourth-order valence-corrected chi connectivity index (χ4v) is 4.90. The molecule has 0 saturated carbocycles. The quantitative estimate of drug-likeness (QED) is 0.572. The third kappa shape index (κ3) is 2.94. The molecule has 1 aliphatic rings. The summed E-state index contributed by atoms with van der Waals surface area (Å²) in [6, 6.07) is 14.3. The van der Waals surface area contributed by atoms with Gasteiger partial charge in [-0.3, -0.25) is 4.90 Å². The summed E-state index contributed by atoms with van der Waals surface area (Å²) in [5, 5.41) is 14.9. The van der Waals surface area contributed by atoms with Crippen LogP contribution >= 0.6 is 11.3 Å². The van der Waals surface area contributed by atoms with Crippen molar-refractivity contribution in [1.29, 1.82) is 0 Å². The predicted molar refractivity (Wildman–Crippen MR) is 108 cm³/mol. The summed E-state index contributed by atoms with van der Waals surface area (Å²) in [7, 11) is 0. The average Bonchev–Trinajstić information content (AvgIpc) is 3.43. The highest BCUT2D eigenvalue weighted by atomic mass is 32.1. The van der Waals surface area contributed by atoms with Crippen LogP contribution in [-0.4, -0.2) is 50.8 Å². The van der Waals surface area contributed by atoms with Crippen LogP contribution in [0.5, 0.6) is 5.88 Å². The van der Waals surface area contributed by atoms with Crippen LogP contribution < -0.4 is 4.90 Å². The highest BCUT2D eigenvalue weighted by Gasteiger charge is 2.33. The molecular formula is C20H21N5O2S. The van der Waals surface area contributed by atoms with Gasteiger partial charge in [0.2, 0.25) is 10.8 Å². The van der Waals surface area contributed by atoms with E-state index in [1.807, 2.05) is 25.1 Å². The van der Waals surface area contributed by atoms with Crippen LogP contribution in [0, 0.1) is 6.92 Å². The Morgan fingerprint density at radius 3 is 2.54 bits per heavy atom. The molecule has 8 heteroatoms. The number of aryl methyl sites for hydroxylation is 1. The third-order valence-corrected chi connectivity index (χ3v) is 6.31. The molecule has 0 radical (unpaired) electrons.